The Morgan fingerprint density at radius 3 is 2.43 bits per heavy atom. The molecule has 0 spiro atoms. The lowest BCUT2D eigenvalue weighted by molar-refractivity contribution is -0.150. The summed E-state index contributed by atoms with van der Waals surface area (Å²) in [4.78, 5) is 4.27. The van der Waals surface area contributed by atoms with Gasteiger partial charge in [-0.05, 0) is 37.6 Å². The van der Waals surface area contributed by atoms with Crippen molar-refractivity contribution in [3.8, 4) is 16.9 Å². The molecular formula is C18H19NO4. The third-order valence-electron chi connectivity index (χ3n) is 3.49. The number of aromatic hydroxyl groups is 1. The van der Waals surface area contributed by atoms with Gasteiger partial charge in [0.2, 0.25) is 6.29 Å². The minimum Gasteiger partial charge on any atom is -0.508 e. The van der Waals surface area contributed by atoms with E-state index in [0.717, 1.165) is 22.1 Å². The maximum atomic E-state index is 9.44. The number of aromatic nitrogens is 1. The van der Waals surface area contributed by atoms with Crippen molar-refractivity contribution in [3.63, 3.8) is 0 Å². The molecule has 2 aromatic heterocycles. The van der Waals surface area contributed by atoms with Crippen LogP contribution in [0.25, 0.3) is 22.1 Å². The molecule has 1 N–H and O–H groups in total. The fraction of sp³-hybridized carbons (Fsp3) is 0.278. The highest BCUT2D eigenvalue weighted by atomic mass is 16.7. The lowest BCUT2D eigenvalue weighted by atomic mass is 10.1. The Morgan fingerprint density at radius 1 is 1.09 bits per heavy atom. The van der Waals surface area contributed by atoms with Crippen molar-refractivity contribution in [2.24, 2.45) is 0 Å². The van der Waals surface area contributed by atoms with Crippen LogP contribution in [0.3, 0.4) is 0 Å². The van der Waals surface area contributed by atoms with Crippen molar-refractivity contribution in [1.29, 1.82) is 0 Å². The number of nitrogens with zero attached hydrogens (tertiary/aromatic N) is 1. The molecule has 0 saturated heterocycles. The van der Waals surface area contributed by atoms with Gasteiger partial charge >= 0.3 is 0 Å². The summed E-state index contributed by atoms with van der Waals surface area (Å²) in [5.74, 6) is 0.846. The van der Waals surface area contributed by atoms with Crippen molar-refractivity contribution in [1.82, 2.24) is 4.98 Å². The summed E-state index contributed by atoms with van der Waals surface area (Å²) in [6.45, 7) is 4.89. The average Bonchev–Trinajstić information content (AvgIpc) is 2.99. The van der Waals surface area contributed by atoms with Crippen LogP contribution >= 0.6 is 0 Å². The minimum atomic E-state index is -0.523. The van der Waals surface area contributed by atoms with E-state index in [2.05, 4.69) is 4.98 Å². The van der Waals surface area contributed by atoms with E-state index in [1.165, 1.54) is 0 Å². The third kappa shape index (κ3) is 3.21. The van der Waals surface area contributed by atoms with Crippen LogP contribution < -0.4 is 0 Å². The molecule has 0 saturated carbocycles. The Balaban J connectivity index is 2.05. The summed E-state index contributed by atoms with van der Waals surface area (Å²) in [6.07, 6.45) is 2.98. The second-order valence-corrected chi connectivity index (χ2v) is 5.04. The zero-order valence-electron chi connectivity index (χ0n) is 13.2. The first kappa shape index (κ1) is 15.5. The van der Waals surface area contributed by atoms with Gasteiger partial charge in [-0.25, -0.2) is 0 Å². The predicted molar refractivity (Wildman–Crippen MR) is 87.1 cm³/mol. The number of hydrogen-bond acceptors (Lipinski definition) is 5. The lowest BCUT2D eigenvalue weighted by Gasteiger charge is -2.13. The Morgan fingerprint density at radius 2 is 1.78 bits per heavy atom. The van der Waals surface area contributed by atoms with E-state index in [9.17, 15) is 5.11 Å². The Kier molecular flexibility index (Phi) is 4.60. The molecule has 0 amide bonds. The van der Waals surface area contributed by atoms with Crippen LogP contribution in [-0.2, 0) is 9.47 Å². The molecule has 5 heteroatoms. The van der Waals surface area contributed by atoms with Crippen LogP contribution in [0.15, 0.2) is 47.1 Å². The van der Waals surface area contributed by atoms with E-state index in [-0.39, 0.29) is 5.75 Å². The predicted octanol–water partition coefficient (Wildman–Crippen LogP) is 4.27. The Hall–Kier alpha value is -2.37. The number of phenols is 1. The van der Waals surface area contributed by atoms with E-state index in [1.807, 2.05) is 32.0 Å². The smallest absolute Gasteiger partial charge is 0.217 e. The lowest BCUT2D eigenvalue weighted by Crippen LogP contribution is -2.07. The summed E-state index contributed by atoms with van der Waals surface area (Å²) in [5, 5.41) is 10.3. The molecule has 2 heterocycles. The highest BCUT2D eigenvalue weighted by Gasteiger charge is 2.18. The highest BCUT2D eigenvalue weighted by Crippen LogP contribution is 2.33. The van der Waals surface area contributed by atoms with Gasteiger partial charge in [-0.1, -0.05) is 12.1 Å². The monoisotopic (exact) mass is 313 g/mol. The molecule has 23 heavy (non-hydrogen) atoms. The largest absolute Gasteiger partial charge is 0.508 e. The number of rotatable bonds is 6. The highest BCUT2D eigenvalue weighted by molar-refractivity contribution is 5.91. The second-order valence-electron chi connectivity index (χ2n) is 5.04. The molecule has 3 aromatic rings. The van der Waals surface area contributed by atoms with Crippen molar-refractivity contribution in [2.75, 3.05) is 13.2 Å². The molecular weight excluding hydrogens is 294 g/mol. The van der Waals surface area contributed by atoms with Crippen LogP contribution in [0.5, 0.6) is 5.75 Å². The standard InChI is InChI=1S/C18H19NO4/c1-3-21-18(22-4-2)16-9-13-10-19-11-15(17(13)23-16)12-5-7-14(20)8-6-12/h5-11,18,20H,3-4H2,1-2H3. The van der Waals surface area contributed by atoms with Gasteiger partial charge in [0.25, 0.3) is 0 Å². The molecule has 0 atom stereocenters. The molecule has 0 unspecified atom stereocenters. The van der Waals surface area contributed by atoms with Gasteiger partial charge < -0.3 is 19.0 Å². The van der Waals surface area contributed by atoms with Crippen LogP contribution in [0.1, 0.15) is 25.9 Å². The van der Waals surface area contributed by atoms with Gasteiger partial charge in [-0.3, -0.25) is 4.98 Å². The zero-order chi connectivity index (χ0) is 16.2. The first-order chi connectivity index (χ1) is 11.2. The summed E-state index contributed by atoms with van der Waals surface area (Å²) >= 11 is 0. The first-order valence-electron chi connectivity index (χ1n) is 7.63. The van der Waals surface area contributed by atoms with Crippen LogP contribution in [0, 0.1) is 0 Å². The maximum Gasteiger partial charge on any atom is 0.217 e. The number of ether oxygens (including phenoxy) is 2. The summed E-state index contributed by atoms with van der Waals surface area (Å²) < 4.78 is 17.2. The fourth-order valence-corrected chi connectivity index (χ4v) is 2.46. The third-order valence-corrected chi connectivity index (χ3v) is 3.49. The van der Waals surface area contributed by atoms with E-state index >= 15 is 0 Å². The molecule has 5 nitrogen and oxygen atoms in total. The first-order valence-corrected chi connectivity index (χ1v) is 7.63. The van der Waals surface area contributed by atoms with Crippen molar-refractivity contribution < 1.29 is 19.0 Å². The number of hydrogen-bond donors (Lipinski definition) is 1. The van der Waals surface area contributed by atoms with Gasteiger partial charge in [-0.15, -0.1) is 0 Å². The van der Waals surface area contributed by atoms with Gasteiger partial charge in [0.05, 0.1) is 0 Å². The summed E-state index contributed by atoms with van der Waals surface area (Å²) in [6, 6.07) is 8.83. The van der Waals surface area contributed by atoms with E-state index in [1.54, 1.807) is 24.5 Å². The number of phenolic OH excluding ortho intramolecular Hbond substituents is 1. The summed E-state index contributed by atoms with van der Waals surface area (Å²) in [5.41, 5.74) is 2.51. The fourth-order valence-electron chi connectivity index (χ4n) is 2.46. The Labute approximate surface area is 134 Å². The number of benzene rings is 1. The molecule has 3 rings (SSSR count). The summed E-state index contributed by atoms with van der Waals surface area (Å²) in [7, 11) is 0. The van der Waals surface area contributed by atoms with Gasteiger partial charge in [0.1, 0.15) is 11.3 Å². The van der Waals surface area contributed by atoms with Crippen molar-refractivity contribution in [3.05, 3.63) is 48.5 Å². The van der Waals surface area contributed by atoms with Crippen LogP contribution in [-0.4, -0.2) is 23.3 Å². The average molecular weight is 313 g/mol. The zero-order valence-corrected chi connectivity index (χ0v) is 13.2. The molecule has 120 valence electrons. The number of fused-ring (bicyclic) bond motifs is 1. The molecule has 0 radical (unpaired) electrons. The maximum absolute atomic E-state index is 9.44. The number of pyridine rings is 1. The van der Waals surface area contributed by atoms with Crippen LogP contribution in [0.4, 0.5) is 0 Å². The molecule has 0 aliphatic carbocycles. The number of furan rings is 1. The quantitative estimate of drug-likeness (QED) is 0.688. The second kappa shape index (κ2) is 6.81. The van der Waals surface area contributed by atoms with E-state index in [4.69, 9.17) is 13.9 Å². The SMILES string of the molecule is CCOC(OCC)c1cc2cncc(-c3ccc(O)cc3)c2o1. The van der Waals surface area contributed by atoms with Crippen molar-refractivity contribution in [2.45, 2.75) is 20.1 Å². The van der Waals surface area contributed by atoms with E-state index < -0.39 is 6.29 Å². The van der Waals surface area contributed by atoms with Gasteiger partial charge in [0.15, 0.2) is 5.76 Å². The Bertz CT molecular complexity index is 773. The molecule has 0 aliphatic rings. The molecule has 0 aliphatic heterocycles. The van der Waals surface area contributed by atoms with Crippen LogP contribution in [0.2, 0.25) is 0 Å². The molecule has 1 aromatic carbocycles. The molecule has 0 bridgehead atoms. The van der Waals surface area contributed by atoms with E-state index in [0.29, 0.717) is 19.0 Å². The van der Waals surface area contributed by atoms with Crippen molar-refractivity contribution >= 4 is 11.0 Å². The normalized spacial score (nSPS) is 11.4. The topological polar surface area (TPSA) is 64.7 Å². The van der Waals surface area contributed by atoms with Gasteiger partial charge in [0, 0.05) is 36.6 Å². The van der Waals surface area contributed by atoms with Gasteiger partial charge in [-0.2, -0.15) is 0 Å². The molecule has 0 fully saturated rings. The minimum absolute atomic E-state index is 0.224.